The second-order valence-corrected chi connectivity index (χ2v) is 4.50. The average molecular weight is 295 g/mol. The van der Waals surface area contributed by atoms with E-state index >= 15 is 0 Å². The molecule has 0 bridgehead atoms. The molecule has 0 aromatic heterocycles. The first kappa shape index (κ1) is 20.1. The number of hydrogen-bond donors (Lipinski definition) is 4. The molecular formula is C11H21NO6S. The maximum atomic E-state index is 8.74. The highest BCUT2D eigenvalue weighted by Crippen LogP contribution is 2.16. The van der Waals surface area contributed by atoms with Gasteiger partial charge in [-0.2, -0.15) is 8.42 Å². The van der Waals surface area contributed by atoms with Gasteiger partial charge in [0.1, 0.15) is 0 Å². The summed E-state index contributed by atoms with van der Waals surface area (Å²) in [6.45, 7) is 5.02. The highest BCUT2D eigenvalue weighted by atomic mass is 32.3. The summed E-state index contributed by atoms with van der Waals surface area (Å²) in [5.41, 5.74) is 3.71. The van der Waals surface area contributed by atoms with Crippen LogP contribution in [0.4, 0.5) is 5.69 Å². The zero-order valence-corrected chi connectivity index (χ0v) is 11.7. The third-order valence-electron chi connectivity index (χ3n) is 2.13. The molecule has 0 spiro atoms. The fourth-order valence-electron chi connectivity index (χ4n) is 1.33. The van der Waals surface area contributed by atoms with Gasteiger partial charge in [0.05, 0.1) is 6.61 Å². The van der Waals surface area contributed by atoms with Crippen LogP contribution in [0, 0.1) is 6.92 Å². The molecule has 6 N–H and O–H groups in total. The zero-order valence-electron chi connectivity index (χ0n) is 10.9. The van der Waals surface area contributed by atoms with Crippen LogP contribution >= 0.6 is 0 Å². The highest BCUT2D eigenvalue weighted by Gasteiger charge is 1.97. The maximum Gasteiger partial charge on any atom is 0.394 e. The number of hydrogen-bond acceptors (Lipinski definition) is 4. The molecule has 0 aliphatic carbocycles. The molecule has 19 heavy (non-hydrogen) atoms. The van der Waals surface area contributed by atoms with Crippen LogP contribution in [0.2, 0.25) is 0 Å². The van der Waals surface area contributed by atoms with E-state index in [1.807, 2.05) is 0 Å². The van der Waals surface area contributed by atoms with E-state index in [2.05, 4.69) is 37.4 Å². The van der Waals surface area contributed by atoms with Crippen LogP contribution in [0.25, 0.3) is 0 Å². The maximum absolute atomic E-state index is 8.74. The van der Waals surface area contributed by atoms with Crippen molar-refractivity contribution in [3.63, 3.8) is 0 Å². The van der Waals surface area contributed by atoms with Gasteiger partial charge in [-0.1, -0.05) is 19.1 Å². The molecule has 0 aliphatic rings. The van der Waals surface area contributed by atoms with Gasteiger partial charge in [-0.25, -0.2) is 0 Å². The average Bonchev–Trinajstić information content (AvgIpc) is 2.25. The summed E-state index contributed by atoms with van der Waals surface area (Å²) in [4.78, 5) is 0. The monoisotopic (exact) mass is 295 g/mol. The number of aryl methyl sites for hydroxylation is 2. The predicted molar refractivity (Wildman–Crippen MR) is 73.9 cm³/mol. The Morgan fingerprint density at radius 2 is 1.79 bits per heavy atom. The number of aliphatic hydroxyl groups excluding tert-OH is 1. The fourth-order valence-corrected chi connectivity index (χ4v) is 1.33. The molecule has 0 aliphatic heterocycles. The molecule has 0 unspecified atom stereocenters. The van der Waals surface area contributed by atoms with E-state index in [0.29, 0.717) is 6.54 Å². The summed E-state index contributed by atoms with van der Waals surface area (Å²) in [5.74, 6) is 0. The molecule has 1 rings (SSSR count). The van der Waals surface area contributed by atoms with Crippen LogP contribution in [-0.2, 0) is 16.8 Å². The van der Waals surface area contributed by atoms with E-state index in [0.717, 1.165) is 12.1 Å². The standard InChI is InChI=1S/C11H17NO.H2O4S.H2O/c1-3-10-4-5-11(9(2)8-10)12-6-7-13;1-5(2,3)4;/h4-5,8,12-13H,3,6-7H2,1-2H3;(H2,1,2,3,4);1H2. The van der Waals surface area contributed by atoms with Gasteiger partial charge in [0.25, 0.3) is 0 Å². The lowest BCUT2D eigenvalue weighted by molar-refractivity contribution is 0.311. The van der Waals surface area contributed by atoms with Crippen molar-refractivity contribution in [2.45, 2.75) is 20.3 Å². The van der Waals surface area contributed by atoms with Gasteiger partial charge in [-0.05, 0) is 30.5 Å². The summed E-state index contributed by atoms with van der Waals surface area (Å²) in [7, 11) is -4.67. The summed E-state index contributed by atoms with van der Waals surface area (Å²) in [6, 6.07) is 6.37. The van der Waals surface area contributed by atoms with E-state index in [1.165, 1.54) is 11.1 Å². The molecule has 0 atom stereocenters. The van der Waals surface area contributed by atoms with Crippen LogP contribution in [0.5, 0.6) is 0 Å². The van der Waals surface area contributed by atoms with Crippen molar-refractivity contribution in [3.8, 4) is 0 Å². The van der Waals surface area contributed by atoms with Gasteiger partial charge < -0.3 is 15.9 Å². The SMILES string of the molecule is CCc1ccc(NCCO)c(C)c1.O.O=S(=O)(O)O. The van der Waals surface area contributed by atoms with Crippen LogP contribution < -0.4 is 5.32 Å². The molecule has 112 valence electrons. The minimum absolute atomic E-state index is 0. The van der Waals surface area contributed by atoms with Gasteiger partial charge >= 0.3 is 10.4 Å². The minimum Gasteiger partial charge on any atom is -0.412 e. The lowest BCUT2D eigenvalue weighted by Crippen LogP contribution is -2.06. The Balaban J connectivity index is 0. The van der Waals surface area contributed by atoms with Crippen LogP contribution in [0.15, 0.2) is 18.2 Å². The van der Waals surface area contributed by atoms with E-state index in [1.54, 1.807) is 0 Å². The summed E-state index contributed by atoms with van der Waals surface area (Å²) in [5, 5.41) is 11.8. The molecule has 0 heterocycles. The Morgan fingerprint density at radius 3 is 2.16 bits per heavy atom. The molecule has 1 aromatic rings. The Hall–Kier alpha value is -1.19. The Labute approximate surface area is 113 Å². The van der Waals surface area contributed by atoms with Crippen molar-refractivity contribution in [1.82, 2.24) is 0 Å². The zero-order chi connectivity index (χ0) is 14.2. The second-order valence-electron chi connectivity index (χ2n) is 3.60. The van der Waals surface area contributed by atoms with Gasteiger partial charge in [-0.3, -0.25) is 9.11 Å². The van der Waals surface area contributed by atoms with Gasteiger partial charge in [0, 0.05) is 12.2 Å². The van der Waals surface area contributed by atoms with Crippen molar-refractivity contribution < 1.29 is 28.1 Å². The van der Waals surface area contributed by atoms with Crippen molar-refractivity contribution in [1.29, 1.82) is 0 Å². The quantitative estimate of drug-likeness (QED) is 0.596. The van der Waals surface area contributed by atoms with E-state index in [9.17, 15) is 0 Å². The highest BCUT2D eigenvalue weighted by molar-refractivity contribution is 7.79. The first-order valence-corrected chi connectivity index (χ1v) is 6.81. The van der Waals surface area contributed by atoms with Crippen LogP contribution in [0.1, 0.15) is 18.1 Å². The topological polar surface area (TPSA) is 138 Å². The first-order chi connectivity index (χ1) is 8.27. The number of aliphatic hydroxyl groups is 1. The molecule has 0 fully saturated rings. The van der Waals surface area contributed by atoms with Crippen molar-refractivity contribution >= 4 is 16.1 Å². The van der Waals surface area contributed by atoms with Gasteiger partial charge in [0.2, 0.25) is 0 Å². The van der Waals surface area contributed by atoms with Crippen molar-refractivity contribution in [2.75, 3.05) is 18.5 Å². The lowest BCUT2D eigenvalue weighted by Gasteiger charge is -2.09. The molecule has 7 nitrogen and oxygen atoms in total. The number of rotatable bonds is 4. The van der Waals surface area contributed by atoms with E-state index in [-0.39, 0.29) is 12.1 Å². The van der Waals surface area contributed by atoms with E-state index in [4.69, 9.17) is 22.6 Å². The molecule has 0 amide bonds. The molecule has 1 aromatic carbocycles. The summed E-state index contributed by atoms with van der Waals surface area (Å²) in [6.07, 6.45) is 1.07. The number of nitrogens with one attached hydrogen (secondary N) is 1. The minimum atomic E-state index is -4.67. The lowest BCUT2D eigenvalue weighted by atomic mass is 10.1. The molecule has 8 heteroatoms. The summed E-state index contributed by atoms with van der Waals surface area (Å²) < 4.78 is 31.6. The third kappa shape index (κ3) is 11.6. The van der Waals surface area contributed by atoms with Crippen molar-refractivity contribution in [3.05, 3.63) is 29.3 Å². The Kier molecular flexibility index (Phi) is 10.3. The fraction of sp³-hybridized carbons (Fsp3) is 0.455. The normalized spacial score (nSPS) is 9.95. The number of anilines is 1. The first-order valence-electron chi connectivity index (χ1n) is 5.42. The second kappa shape index (κ2) is 9.70. The summed E-state index contributed by atoms with van der Waals surface area (Å²) >= 11 is 0. The van der Waals surface area contributed by atoms with Crippen LogP contribution in [0.3, 0.4) is 0 Å². The smallest absolute Gasteiger partial charge is 0.394 e. The Morgan fingerprint density at radius 1 is 1.26 bits per heavy atom. The van der Waals surface area contributed by atoms with Gasteiger partial charge in [0.15, 0.2) is 0 Å². The third-order valence-corrected chi connectivity index (χ3v) is 2.13. The van der Waals surface area contributed by atoms with Gasteiger partial charge in [-0.15, -0.1) is 0 Å². The van der Waals surface area contributed by atoms with E-state index < -0.39 is 10.4 Å². The predicted octanol–water partition coefficient (Wildman–Crippen LogP) is 0.484. The Bertz CT molecular complexity index is 452. The largest absolute Gasteiger partial charge is 0.412 e. The molecule has 0 radical (unpaired) electrons. The number of benzene rings is 1. The molecule has 0 saturated carbocycles. The molecule has 0 saturated heterocycles. The molecular weight excluding hydrogens is 274 g/mol. The van der Waals surface area contributed by atoms with Crippen molar-refractivity contribution in [2.24, 2.45) is 0 Å². The van der Waals surface area contributed by atoms with Crippen LogP contribution in [-0.4, -0.2) is 41.3 Å².